The Bertz CT molecular complexity index is 3110. The van der Waals surface area contributed by atoms with Gasteiger partial charge >= 0.3 is 0 Å². The monoisotopic (exact) mass is 656 g/mol. The van der Waals surface area contributed by atoms with Crippen LogP contribution in [-0.4, -0.2) is 4.57 Å². The predicted molar refractivity (Wildman–Crippen MR) is 213 cm³/mol. The lowest BCUT2D eigenvalue weighted by atomic mass is 10.0. The minimum Gasteiger partial charge on any atom is -0.456 e. The Balaban J connectivity index is 1.33. The van der Waals surface area contributed by atoms with Crippen LogP contribution in [0, 0.1) is 0 Å². The third-order valence-electron chi connectivity index (χ3n) is 10.1. The molecule has 8 aromatic carbocycles. The summed E-state index contributed by atoms with van der Waals surface area (Å²) in [4.78, 5) is 2.49. The molecule has 0 amide bonds. The predicted octanol–water partition coefficient (Wildman–Crippen LogP) is 13.7. The van der Waals surface area contributed by atoms with Gasteiger partial charge in [0.25, 0.3) is 0 Å². The van der Waals surface area contributed by atoms with Crippen LogP contribution in [0.3, 0.4) is 0 Å². The Morgan fingerprint density at radius 2 is 1.08 bits per heavy atom. The van der Waals surface area contributed by atoms with E-state index < -0.39 is 0 Å². The highest BCUT2D eigenvalue weighted by Crippen LogP contribution is 2.50. The maximum Gasteiger partial charge on any atom is 0.137 e. The second-order valence-electron chi connectivity index (χ2n) is 12.9. The van der Waals surface area contributed by atoms with Gasteiger partial charge in [-0.3, -0.25) is 0 Å². The molecule has 0 saturated carbocycles. The second-order valence-corrected chi connectivity index (χ2v) is 14.0. The van der Waals surface area contributed by atoms with Crippen LogP contribution in [0.4, 0.5) is 17.1 Å². The number of thiophene rings is 1. The molecular formula is C46H28N2OS. The van der Waals surface area contributed by atoms with Crippen molar-refractivity contribution in [1.82, 2.24) is 4.57 Å². The first-order valence-corrected chi connectivity index (χ1v) is 17.8. The summed E-state index contributed by atoms with van der Waals surface area (Å²) in [6.07, 6.45) is 0. The van der Waals surface area contributed by atoms with E-state index in [2.05, 4.69) is 179 Å². The standard InChI is InChI=1S/C46H28N2OS/c1-2-15-31(16-3-1)47-36-20-8-6-17-32(36)33-19-10-23-39(46(33)47)48(38-22-12-26-43-45(38)34-18-7-9-25-42(34)50-43)37-21-11-24-40-44(37)35-27-29-13-4-5-14-30(29)28-41(35)49-40/h1-28H. The first kappa shape index (κ1) is 27.6. The van der Waals surface area contributed by atoms with Crippen molar-refractivity contribution >= 4 is 103 Å². The van der Waals surface area contributed by atoms with Crippen LogP contribution in [-0.2, 0) is 0 Å². The summed E-state index contributed by atoms with van der Waals surface area (Å²) in [5.74, 6) is 0. The van der Waals surface area contributed by atoms with E-state index in [1.54, 1.807) is 0 Å². The topological polar surface area (TPSA) is 21.3 Å². The summed E-state index contributed by atoms with van der Waals surface area (Å²) < 4.78 is 11.6. The van der Waals surface area contributed by atoms with Gasteiger partial charge in [0, 0.05) is 42.0 Å². The highest BCUT2D eigenvalue weighted by Gasteiger charge is 2.26. The summed E-state index contributed by atoms with van der Waals surface area (Å²) in [7, 11) is 0. The van der Waals surface area contributed by atoms with Crippen molar-refractivity contribution in [2.45, 2.75) is 0 Å². The highest BCUT2D eigenvalue weighted by atomic mass is 32.1. The van der Waals surface area contributed by atoms with Crippen molar-refractivity contribution in [3.05, 3.63) is 170 Å². The SMILES string of the molecule is c1ccc(-n2c3ccccc3c3cccc(N(c4cccc5oc6cc7ccccc7cc6c45)c4cccc5sc6ccccc6c45)c32)cc1. The number of para-hydroxylation sites is 3. The highest BCUT2D eigenvalue weighted by molar-refractivity contribution is 7.26. The normalized spacial score (nSPS) is 12.0. The molecule has 0 aliphatic rings. The molecule has 0 aliphatic heterocycles. The van der Waals surface area contributed by atoms with Crippen LogP contribution in [0.25, 0.3) is 80.4 Å². The third kappa shape index (κ3) is 3.91. The lowest BCUT2D eigenvalue weighted by Crippen LogP contribution is -2.12. The molecule has 0 radical (unpaired) electrons. The Morgan fingerprint density at radius 3 is 1.96 bits per heavy atom. The van der Waals surface area contributed by atoms with Crippen LogP contribution < -0.4 is 4.90 Å². The number of benzene rings is 8. The number of furan rings is 1. The smallest absolute Gasteiger partial charge is 0.137 e. The van der Waals surface area contributed by atoms with E-state index in [9.17, 15) is 0 Å². The maximum atomic E-state index is 6.66. The molecule has 3 heterocycles. The van der Waals surface area contributed by atoms with E-state index in [0.717, 1.165) is 50.2 Å². The number of hydrogen-bond donors (Lipinski definition) is 0. The fourth-order valence-corrected chi connectivity index (χ4v) is 9.16. The van der Waals surface area contributed by atoms with Crippen LogP contribution in [0.1, 0.15) is 0 Å². The summed E-state index contributed by atoms with van der Waals surface area (Å²) >= 11 is 1.85. The molecule has 11 aromatic rings. The van der Waals surface area contributed by atoms with Crippen LogP contribution in [0.2, 0.25) is 0 Å². The summed E-state index contributed by atoms with van der Waals surface area (Å²) in [5.41, 5.74) is 8.55. The molecule has 3 aromatic heterocycles. The second kappa shape index (κ2) is 10.6. The minimum absolute atomic E-state index is 0.871. The molecule has 234 valence electrons. The van der Waals surface area contributed by atoms with Crippen molar-refractivity contribution in [2.75, 3.05) is 4.90 Å². The average molecular weight is 657 g/mol. The van der Waals surface area contributed by atoms with Crippen molar-refractivity contribution in [3.8, 4) is 5.69 Å². The Labute approximate surface area is 291 Å². The molecule has 4 heteroatoms. The fourth-order valence-electron chi connectivity index (χ4n) is 8.04. The van der Waals surface area contributed by atoms with Gasteiger partial charge in [0.15, 0.2) is 0 Å². The summed E-state index contributed by atoms with van der Waals surface area (Å²) in [5, 5.41) is 9.53. The molecule has 0 fully saturated rings. The zero-order valence-electron chi connectivity index (χ0n) is 26.9. The Morgan fingerprint density at radius 1 is 0.440 bits per heavy atom. The number of hydrogen-bond acceptors (Lipinski definition) is 3. The summed E-state index contributed by atoms with van der Waals surface area (Å²) in [6.45, 7) is 0. The van der Waals surface area contributed by atoms with Crippen LogP contribution >= 0.6 is 11.3 Å². The zero-order chi connectivity index (χ0) is 32.8. The van der Waals surface area contributed by atoms with Gasteiger partial charge in [-0.1, -0.05) is 103 Å². The molecule has 11 rings (SSSR count). The van der Waals surface area contributed by atoms with Crippen molar-refractivity contribution < 1.29 is 4.42 Å². The van der Waals surface area contributed by atoms with Gasteiger partial charge in [-0.2, -0.15) is 0 Å². The molecule has 50 heavy (non-hydrogen) atoms. The lowest BCUT2D eigenvalue weighted by Gasteiger charge is -2.28. The van der Waals surface area contributed by atoms with Gasteiger partial charge in [-0.15, -0.1) is 11.3 Å². The van der Waals surface area contributed by atoms with E-state index in [1.807, 2.05) is 11.3 Å². The van der Waals surface area contributed by atoms with Crippen LogP contribution in [0.5, 0.6) is 0 Å². The lowest BCUT2D eigenvalue weighted by molar-refractivity contribution is 0.669. The van der Waals surface area contributed by atoms with E-state index in [-0.39, 0.29) is 0 Å². The number of aromatic nitrogens is 1. The van der Waals surface area contributed by atoms with Crippen LogP contribution in [0.15, 0.2) is 174 Å². The number of fused-ring (bicyclic) bond motifs is 10. The Hall–Kier alpha value is -6.36. The van der Waals surface area contributed by atoms with Gasteiger partial charge in [-0.25, -0.2) is 0 Å². The maximum absolute atomic E-state index is 6.66. The van der Waals surface area contributed by atoms with E-state index in [0.29, 0.717) is 0 Å². The van der Waals surface area contributed by atoms with Crippen molar-refractivity contribution in [2.24, 2.45) is 0 Å². The molecule has 0 atom stereocenters. The third-order valence-corrected chi connectivity index (χ3v) is 11.3. The first-order valence-electron chi connectivity index (χ1n) is 16.9. The average Bonchev–Trinajstić information content (AvgIpc) is 3.84. The quantitative estimate of drug-likeness (QED) is 0.188. The molecule has 0 saturated heterocycles. The number of rotatable bonds is 4. The largest absolute Gasteiger partial charge is 0.456 e. The van der Waals surface area contributed by atoms with E-state index in [1.165, 1.54) is 47.2 Å². The summed E-state index contributed by atoms with van der Waals surface area (Å²) in [6, 6.07) is 61.3. The fraction of sp³-hybridized carbons (Fsp3) is 0. The molecule has 0 unspecified atom stereocenters. The molecule has 0 aliphatic carbocycles. The van der Waals surface area contributed by atoms with Gasteiger partial charge in [0.1, 0.15) is 11.2 Å². The molecule has 0 bridgehead atoms. The molecule has 0 N–H and O–H groups in total. The number of nitrogens with zero attached hydrogens (tertiary/aromatic N) is 2. The zero-order valence-corrected chi connectivity index (χ0v) is 27.7. The van der Waals surface area contributed by atoms with Gasteiger partial charge in [0.2, 0.25) is 0 Å². The molecule has 3 nitrogen and oxygen atoms in total. The molecule has 0 spiro atoms. The minimum atomic E-state index is 0.871. The van der Waals surface area contributed by atoms with Gasteiger partial charge in [-0.05, 0) is 77.5 Å². The van der Waals surface area contributed by atoms with Gasteiger partial charge < -0.3 is 13.9 Å². The molecular weight excluding hydrogens is 629 g/mol. The number of anilines is 3. The van der Waals surface area contributed by atoms with Crippen molar-refractivity contribution in [3.63, 3.8) is 0 Å². The Kier molecular flexibility index (Phi) is 5.83. The van der Waals surface area contributed by atoms with E-state index in [4.69, 9.17) is 4.42 Å². The van der Waals surface area contributed by atoms with E-state index >= 15 is 0 Å². The first-order chi connectivity index (χ1) is 24.8. The van der Waals surface area contributed by atoms with Crippen molar-refractivity contribution in [1.29, 1.82) is 0 Å². The van der Waals surface area contributed by atoms with Gasteiger partial charge in [0.05, 0.1) is 33.5 Å².